The molecule has 0 amide bonds. The van der Waals surface area contributed by atoms with Crippen molar-refractivity contribution in [1.29, 1.82) is 0 Å². The summed E-state index contributed by atoms with van der Waals surface area (Å²) in [6.45, 7) is 1.03. The molecule has 2 aliphatic carbocycles. The molecule has 0 spiro atoms. The van der Waals surface area contributed by atoms with Crippen molar-refractivity contribution in [2.75, 3.05) is 24.2 Å². The van der Waals surface area contributed by atoms with Crippen molar-refractivity contribution >= 4 is 21.6 Å². The van der Waals surface area contributed by atoms with Gasteiger partial charge < -0.3 is 10.0 Å². The SMILES string of the molecule is CS(=O)(=O)c1nc(N2C[C@@H]3C(CC(=O)O)[C@@H]3C2)c2c(n1)C(F)(F)CCC2. The number of hydrogen-bond acceptors (Lipinski definition) is 6. The molecule has 3 atom stereocenters. The molecular formula is C16H19F2N3O4S. The van der Waals surface area contributed by atoms with Gasteiger partial charge in [0, 0.05) is 37.8 Å². The fourth-order valence-corrected chi connectivity index (χ4v) is 4.85. The van der Waals surface area contributed by atoms with Crippen LogP contribution in [-0.4, -0.2) is 48.8 Å². The summed E-state index contributed by atoms with van der Waals surface area (Å²) in [7, 11) is -3.83. The van der Waals surface area contributed by atoms with E-state index in [0.717, 1.165) is 6.26 Å². The van der Waals surface area contributed by atoms with E-state index in [9.17, 15) is 22.0 Å². The van der Waals surface area contributed by atoms with Gasteiger partial charge in [0.25, 0.3) is 5.92 Å². The molecule has 2 fully saturated rings. The Morgan fingerprint density at radius 3 is 2.54 bits per heavy atom. The topological polar surface area (TPSA) is 100 Å². The minimum Gasteiger partial charge on any atom is -0.481 e. The molecule has 1 unspecified atom stereocenters. The van der Waals surface area contributed by atoms with Crippen molar-refractivity contribution in [1.82, 2.24) is 9.97 Å². The highest BCUT2D eigenvalue weighted by molar-refractivity contribution is 7.90. The Labute approximate surface area is 149 Å². The molecule has 0 bridgehead atoms. The molecule has 10 heteroatoms. The minimum absolute atomic E-state index is 0.109. The number of carboxylic acids is 1. The van der Waals surface area contributed by atoms with Crippen molar-refractivity contribution in [3.63, 3.8) is 0 Å². The third-order valence-electron chi connectivity index (χ3n) is 5.64. The Balaban J connectivity index is 1.70. The second kappa shape index (κ2) is 5.58. The van der Waals surface area contributed by atoms with E-state index in [2.05, 4.69) is 9.97 Å². The zero-order valence-corrected chi connectivity index (χ0v) is 15.0. The largest absolute Gasteiger partial charge is 0.481 e. The fourth-order valence-electron chi connectivity index (χ4n) is 4.34. The lowest BCUT2D eigenvalue weighted by atomic mass is 9.93. The average molecular weight is 387 g/mol. The number of carbonyl (C=O) groups is 1. The predicted molar refractivity (Wildman–Crippen MR) is 86.9 cm³/mol. The summed E-state index contributed by atoms with van der Waals surface area (Å²) in [6, 6.07) is 0. The van der Waals surface area contributed by atoms with Crippen LogP contribution in [0.1, 0.15) is 30.5 Å². The summed E-state index contributed by atoms with van der Waals surface area (Å²) in [6.07, 6.45) is 1.33. The Hall–Kier alpha value is -1.84. The number of rotatable bonds is 4. The normalized spacial score (nSPS) is 29.2. The van der Waals surface area contributed by atoms with Crippen molar-refractivity contribution in [3.05, 3.63) is 11.3 Å². The zero-order chi connectivity index (χ0) is 18.9. The lowest BCUT2D eigenvalue weighted by Gasteiger charge is -2.30. The summed E-state index contributed by atoms with van der Waals surface area (Å²) in [5.41, 5.74) is -0.151. The van der Waals surface area contributed by atoms with Crippen LogP contribution in [0.4, 0.5) is 14.6 Å². The molecule has 1 aromatic rings. The maximum Gasteiger partial charge on any atom is 0.303 e. The number of nitrogens with zero attached hydrogens (tertiary/aromatic N) is 3. The monoisotopic (exact) mass is 387 g/mol. The number of piperidine rings is 1. The number of aromatic nitrogens is 2. The maximum absolute atomic E-state index is 14.4. The molecule has 2 heterocycles. The molecule has 7 nitrogen and oxygen atoms in total. The Morgan fingerprint density at radius 2 is 1.96 bits per heavy atom. The molecule has 0 radical (unpaired) electrons. The van der Waals surface area contributed by atoms with Crippen molar-refractivity contribution in [2.45, 2.75) is 36.8 Å². The Morgan fingerprint density at radius 1 is 1.31 bits per heavy atom. The van der Waals surface area contributed by atoms with Crippen molar-refractivity contribution in [3.8, 4) is 0 Å². The van der Waals surface area contributed by atoms with Crippen LogP contribution in [0.2, 0.25) is 0 Å². The van der Waals surface area contributed by atoms with Crippen LogP contribution in [-0.2, 0) is 27.0 Å². The van der Waals surface area contributed by atoms with Crippen LogP contribution in [0.15, 0.2) is 5.16 Å². The van der Waals surface area contributed by atoms with E-state index >= 15 is 0 Å². The van der Waals surface area contributed by atoms with Gasteiger partial charge in [-0.25, -0.2) is 18.4 Å². The quantitative estimate of drug-likeness (QED) is 0.781. The molecule has 1 N–H and O–H groups in total. The number of aliphatic carboxylic acids is 1. The molecule has 1 aliphatic heterocycles. The molecule has 26 heavy (non-hydrogen) atoms. The molecular weight excluding hydrogens is 368 g/mol. The second-order valence-corrected chi connectivity index (χ2v) is 9.39. The van der Waals surface area contributed by atoms with Crippen LogP contribution in [0.25, 0.3) is 0 Å². The van der Waals surface area contributed by atoms with Crippen molar-refractivity contribution in [2.24, 2.45) is 17.8 Å². The molecule has 4 rings (SSSR count). The van der Waals surface area contributed by atoms with Crippen LogP contribution >= 0.6 is 0 Å². The van der Waals surface area contributed by atoms with Gasteiger partial charge in [0.2, 0.25) is 15.0 Å². The van der Waals surface area contributed by atoms with Gasteiger partial charge in [-0.05, 0) is 30.6 Å². The zero-order valence-electron chi connectivity index (χ0n) is 14.2. The lowest BCUT2D eigenvalue weighted by molar-refractivity contribution is -0.137. The average Bonchev–Trinajstić information content (AvgIpc) is 2.96. The van der Waals surface area contributed by atoms with E-state index in [4.69, 9.17) is 5.11 Å². The summed E-state index contributed by atoms with van der Waals surface area (Å²) >= 11 is 0. The number of anilines is 1. The van der Waals surface area contributed by atoms with Gasteiger partial charge in [0.05, 0.1) is 0 Å². The summed E-state index contributed by atoms with van der Waals surface area (Å²) in [4.78, 5) is 20.5. The van der Waals surface area contributed by atoms with Crippen LogP contribution < -0.4 is 4.90 Å². The molecule has 142 valence electrons. The first-order chi connectivity index (χ1) is 12.1. The smallest absolute Gasteiger partial charge is 0.303 e. The van der Waals surface area contributed by atoms with Gasteiger partial charge in [-0.15, -0.1) is 0 Å². The van der Waals surface area contributed by atoms with Crippen LogP contribution in [0.3, 0.4) is 0 Å². The third kappa shape index (κ3) is 2.83. The first kappa shape index (κ1) is 17.6. The number of sulfone groups is 1. The molecule has 1 saturated carbocycles. The fraction of sp³-hybridized carbons (Fsp3) is 0.688. The van der Waals surface area contributed by atoms with Gasteiger partial charge in [-0.2, -0.15) is 8.78 Å². The van der Waals surface area contributed by atoms with Gasteiger partial charge in [0.15, 0.2) is 0 Å². The van der Waals surface area contributed by atoms with E-state index in [1.807, 2.05) is 4.90 Å². The molecule has 1 saturated heterocycles. The van der Waals surface area contributed by atoms with Gasteiger partial charge >= 0.3 is 5.97 Å². The number of hydrogen-bond donors (Lipinski definition) is 1. The number of carboxylic acid groups (broad SMARTS) is 1. The number of alkyl halides is 2. The van der Waals surface area contributed by atoms with Gasteiger partial charge in [-0.1, -0.05) is 0 Å². The van der Waals surface area contributed by atoms with E-state index in [-0.39, 0.29) is 42.8 Å². The standard InChI is InChI=1S/C16H19F2N3O4S/c1-26(24,25)15-19-13-8(3-2-4-16(13,17)18)14(20-15)21-6-10-9(5-12(22)23)11(10)7-21/h9-11H,2-7H2,1H3,(H,22,23)/t9?,10-,11+. The summed E-state index contributed by atoms with van der Waals surface area (Å²) in [5, 5.41) is 8.35. The first-order valence-electron chi connectivity index (χ1n) is 8.54. The highest BCUT2D eigenvalue weighted by atomic mass is 32.2. The molecule has 1 aromatic heterocycles. The summed E-state index contributed by atoms with van der Waals surface area (Å²) in [5.74, 6) is -3.23. The Bertz CT molecular complexity index is 878. The molecule has 0 aromatic carbocycles. The highest BCUT2D eigenvalue weighted by Gasteiger charge is 2.57. The van der Waals surface area contributed by atoms with E-state index in [0.29, 0.717) is 25.1 Å². The molecule has 3 aliphatic rings. The lowest BCUT2D eigenvalue weighted by Crippen LogP contribution is -2.32. The minimum atomic E-state index is -3.83. The van der Waals surface area contributed by atoms with E-state index < -0.39 is 32.6 Å². The summed E-state index contributed by atoms with van der Waals surface area (Å²) < 4.78 is 52.5. The predicted octanol–water partition coefficient (Wildman–Crippen LogP) is 1.47. The highest BCUT2D eigenvalue weighted by Crippen LogP contribution is 2.55. The Kier molecular flexibility index (Phi) is 3.77. The van der Waals surface area contributed by atoms with Crippen LogP contribution in [0.5, 0.6) is 0 Å². The van der Waals surface area contributed by atoms with Crippen molar-refractivity contribution < 1.29 is 27.1 Å². The maximum atomic E-state index is 14.4. The van der Waals surface area contributed by atoms with E-state index in [1.54, 1.807) is 0 Å². The first-order valence-corrected chi connectivity index (χ1v) is 10.4. The second-order valence-electron chi connectivity index (χ2n) is 7.48. The number of fused-ring (bicyclic) bond motifs is 2. The van der Waals surface area contributed by atoms with Gasteiger partial charge in [-0.3, -0.25) is 4.79 Å². The third-order valence-corrected chi connectivity index (χ3v) is 6.49. The van der Waals surface area contributed by atoms with Crippen LogP contribution in [0, 0.1) is 17.8 Å². The number of halogens is 2. The van der Waals surface area contributed by atoms with Gasteiger partial charge in [0.1, 0.15) is 11.5 Å². The van der Waals surface area contributed by atoms with E-state index in [1.165, 1.54) is 0 Å².